The van der Waals surface area contributed by atoms with Crippen molar-refractivity contribution in [2.24, 2.45) is 0 Å². The lowest BCUT2D eigenvalue weighted by Crippen LogP contribution is -2.45. The van der Waals surface area contributed by atoms with Gasteiger partial charge in [0.1, 0.15) is 5.70 Å². The zero-order valence-corrected chi connectivity index (χ0v) is 10.4. The lowest BCUT2D eigenvalue weighted by Gasteiger charge is -2.34. The minimum absolute atomic E-state index is 0.257. The Hall–Kier alpha value is -1.56. The van der Waals surface area contributed by atoms with Crippen LogP contribution in [0, 0.1) is 0 Å². The van der Waals surface area contributed by atoms with Gasteiger partial charge >= 0.3 is 11.9 Å². The van der Waals surface area contributed by atoms with Crippen LogP contribution in [0.1, 0.15) is 0 Å². The minimum atomic E-state index is -0.552. The van der Waals surface area contributed by atoms with E-state index in [2.05, 4.69) is 14.4 Å². The zero-order chi connectivity index (χ0) is 12.8. The van der Waals surface area contributed by atoms with Gasteiger partial charge in [0.15, 0.2) is 0 Å². The molecule has 1 aliphatic heterocycles. The maximum absolute atomic E-state index is 11.6. The van der Waals surface area contributed by atoms with Crippen LogP contribution in [-0.2, 0) is 19.1 Å². The molecule has 0 aromatic rings. The largest absolute Gasteiger partial charge is 0.466 e. The smallest absolute Gasteiger partial charge is 0.354 e. The summed E-state index contributed by atoms with van der Waals surface area (Å²) in [5.74, 6) is -1.07. The summed E-state index contributed by atoms with van der Waals surface area (Å²) in [4.78, 5) is 26.8. The van der Waals surface area contributed by atoms with Crippen molar-refractivity contribution in [1.82, 2.24) is 9.80 Å². The summed E-state index contributed by atoms with van der Waals surface area (Å²) in [7, 11) is 4.58. The van der Waals surface area contributed by atoms with Crippen molar-refractivity contribution >= 4 is 11.9 Å². The van der Waals surface area contributed by atoms with Crippen molar-refractivity contribution in [2.75, 3.05) is 47.4 Å². The summed E-state index contributed by atoms with van der Waals surface area (Å²) in [6.07, 6.45) is 1.18. The molecule has 0 saturated carbocycles. The molecule has 96 valence electrons. The molecule has 1 fully saturated rings. The van der Waals surface area contributed by atoms with E-state index < -0.39 is 11.9 Å². The van der Waals surface area contributed by atoms with Crippen molar-refractivity contribution in [2.45, 2.75) is 0 Å². The van der Waals surface area contributed by atoms with Crippen LogP contribution in [-0.4, -0.2) is 69.2 Å². The summed E-state index contributed by atoms with van der Waals surface area (Å²) < 4.78 is 9.19. The van der Waals surface area contributed by atoms with E-state index in [-0.39, 0.29) is 5.70 Å². The van der Waals surface area contributed by atoms with Gasteiger partial charge in [0.2, 0.25) is 0 Å². The summed E-state index contributed by atoms with van der Waals surface area (Å²) in [6.45, 7) is 3.06. The first-order chi connectivity index (χ1) is 8.08. The molecular formula is C11H18N2O4. The SMILES string of the molecule is COC(=O)/C=C(\C(=O)OC)N1CCN(C)CC1. The molecule has 17 heavy (non-hydrogen) atoms. The van der Waals surface area contributed by atoms with Crippen LogP contribution >= 0.6 is 0 Å². The van der Waals surface area contributed by atoms with Gasteiger partial charge in [0.25, 0.3) is 0 Å². The summed E-state index contributed by atoms with van der Waals surface area (Å²) in [5, 5.41) is 0. The molecule has 0 unspecified atom stereocenters. The number of rotatable bonds is 3. The highest BCUT2D eigenvalue weighted by molar-refractivity contribution is 5.95. The molecule has 1 saturated heterocycles. The standard InChI is InChI=1S/C11H18N2O4/c1-12-4-6-13(7-5-12)9(11(15)17-3)8-10(14)16-2/h8H,4-7H2,1-3H3/b9-8+. The van der Waals surface area contributed by atoms with Gasteiger partial charge in [0, 0.05) is 26.2 Å². The van der Waals surface area contributed by atoms with Crippen molar-refractivity contribution in [3.63, 3.8) is 0 Å². The highest BCUT2D eigenvalue weighted by atomic mass is 16.5. The molecule has 1 aliphatic rings. The highest BCUT2D eigenvalue weighted by Crippen LogP contribution is 2.10. The van der Waals surface area contributed by atoms with Crippen LogP contribution in [0.3, 0.4) is 0 Å². The molecule has 0 aromatic heterocycles. The van der Waals surface area contributed by atoms with Gasteiger partial charge in [0.05, 0.1) is 20.3 Å². The van der Waals surface area contributed by atoms with Gasteiger partial charge < -0.3 is 19.3 Å². The van der Waals surface area contributed by atoms with Crippen LogP contribution in [0.5, 0.6) is 0 Å². The van der Waals surface area contributed by atoms with E-state index in [0.29, 0.717) is 13.1 Å². The Kier molecular flexibility index (Phi) is 4.96. The third-order valence-corrected chi connectivity index (χ3v) is 2.69. The first-order valence-corrected chi connectivity index (χ1v) is 5.40. The minimum Gasteiger partial charge on any atom is -0.466 e. The normalized spacial score (nSPS) is 17.8. The van der Waals surface area contributed by atoms with Crippen molar-refractivity contribution in [1.29, 1.82) is 0 Å². The van der Waals surface area contributed by atoms with Crippen LogP contribution in [0.2, 0.25) is 0 Å². The van der Waals surface area contributed by atoms with Crippen LogP contribution in [0.25, 0.3) is 0 Å². The molecule has 0 radical (unpaired) electrons. The van der Waals surface area contributed by atoms with Gasteiger partial charge in [-0.15, -0.1) is 0 Å². The summed E-state index contributed by atoms with van der Waals surface area (Å²) in [5.41, 5.74) is 0.257. The third kappa shape index (κ3) is 3.74. The number of nitrogens with zero attached hydrogens (tertiary/aromatic N) is 2. The second-order valence-corrected chi connectivity index (χ2v) is 3.83. The Morgan fingerprint density at radius 2 is 1.65 bits per heavy atom. The lowest BCUT2D eigenvalue weighted by atomic mass is 10.2. The van der Waals surface area contributed by atoms with Gasteiger partial charge in [-0.3, -0.25) is 0 Å². The maximum atomic E-state index is 11.6. The second kappa shape index (κ2) is 6.24. The van der Waals surface area contributed by atoms with Crippen LogP contribution in [0.4, 0.5) is 0 Å². The Morgan fingerprint density at radius 1 is 1.06 bits per heavy atom. The summed E-state index contributed by atoms with van der Waals surface area (Å²) >= 11 is 0. The number of hydrogen-bond donors (Lipinski definition) is 0. The molecule has 6 heteroatoms. The molecule has 6 nitrogen and oxygen atoms in total. The number of piperazine rings is 1. The fourth-order valence-corrected chi connectivity index (χ4v) is 1.60. The Bertz CT molecular complexity index is 319. The average molecular weight is 242 g/mol. The van der Waals surface area contributed by atoms with E-state index in [4.69, 9.17) is 0 Å². The van der Waals surface area contributed by atoms with Gasteiger partial charge in [-0.05, 0) is 7.05 Å². The van der Waals surface area contributed by atoms with E-state index >= 15 is 0 Å². The number of likely N-dealkylation sites (N-methyl/N-ethyl adjacent to an activating group) is 1. The van der Waals surface area contributed by atoms with E-state index in [1.54, 1.807) is 0 Å². The molecular weight excluding hydrogens is 224 g/mol. The van der Waals surface area contributed by atoms with Gasteiger partial charge in [-0.1, -0.05) is 0 Å². The monoisotopic (exact) mass is 242 g/mol. The second-order valence-electron chi connectivity index (χ2n) is 3.83. The molecule has 1 heterocycles. The van der Waals surface area contributed by atoms with Gasteiger partial charge in [-0.25, -0.2) is 9.59 Å². The Labute approximate surface area is 101 Å². The van der Waals surface area contributed by atoms with Crippen molar-refractivity contribution in [3.05, 3.63) is 11.8 Å². The first-order valence-electron chi connectivity index (χ1n) is 5.40. The Morgan fingerprint density at radius 3 is 2.12 bits per heavy atom. The van der Waals surface area contributed by atoms with Crippen LogP contribution < -0.4 is 0 Å². The summed E-state index contributed by atoms with van der Waals surface area (Å²) in [6, 6.07) is 0. The molecule has 0 bridgehead atoms. The lowest BCUT2D eigenvalue weighted by molar-refractivity contribution is -0.140. The third-order valence-electron chi connectivity index (χ3n) is 2.69. The Balaban J connectivity index is 2.80. The highest BCUT2D eigenvalue weighted by Gasteiger charge is 2.23. The number of carbonyl (C=O) groups is 2. The topological polar surface area (TPSA) is 59.1 Å². The van der Waals surface area contributed by atoms with Gasteiger partial charge in [-0.2, -0.15) is 0 Å². The number of esters is 2. The van der Waals surface area contributed by atoms with E-state index in [9.17, 15) is 9.59 Å². The molecule has 0 aromatic carbocycles. The van der Waals surface area contributed by atoms with E-state index in [0.717, 1.165) is 13.1 Å². The zero-order valence-electron chi connectivity index (χ0n) is 10.4. The van der Waals surface area contributed by atoms with E-state index in [1.807, 2.05) is 11.9 Å². The number of ether oxygens (including phenoxy) is 2. The quantitative estimate of drug-likeness (QED) is 0.489. The molecule has 0 spiro atoms. The fourth-order valence-electron chi connectivity index (χ4n) is 1.60. The van der Waals surface area contributed by atoms with Crippen LogP contribution in [0.15, 0.2) is 11.8 Å². The first kappa shape index (κ1) is 13.5. The van der Waals surface area contributed by atoms with E-state index in [1.165, 1.54) is 20.3 Å². The maximum Gasteiger partial charge on any atom is 0.354 e. The molecule has 0 amide bonds. The molecule has 0 N–H and O–H groups in total. The van der Waals surface area contributed by atoms with Crippen molar-refractivity contribution < 1.29 is 19.1 Å². The number of methoxy groups -OCH3 is 2. The molecule has 1 rings (SSSR count). The predicted molar refractivity (Wildman–Crippen MR) is 61.2 cm³/mol. The molecule has 0 atom stereocenters. The number of carbonyl (C=O) groups excluding carboxylic acids is 2. The average Bonchev–Trinajstić information content (AvgIpc) is 2.36. The van der Waals surface area contributed by atoms with Crippen molar-refractivity contribution in [3.8, 4) is 0 Å². The fraction of sp³-hybridized carbons (Fsp3) is 0.636. The molecule has 0 aliphatic carbocycles. The predicted octanol–water partition coefficient (Wildman–Crippen LogP) is -0.536. The number of hydrogen-bond acceptors (Lipinski definition) is 6.